The molecule has 0 amide bonds. The molecule has 0 aliphatic rings. The Morgan fingerprint density at radius 2 is 2.00 bits per heavy atom. The molecule has 0 aliphatic carbocycles. The first-order chi connectivity index (χ1) is 3.77. The number of alkyl halides is 3. The predicted molar refractivity (Wildman–Crippen MR) is 36.8 cm³/mol. The minimum Gasteiger partial charge on any atom is -0.349 e. The summed E-state index contributed by atoms with van der Waals surface area (Å²) in [6, 6.07) is 0. The van der Waals surface area contributed by atoms with E-state index >= 15 is 0 Å². The Bertz CT molecular complexity index is 48.5. The second-order valence-electron chi connectivity index (χ2n) is 1.17. The summed E-state index contributed by atoms with van der Waals surface area (Å²) in [5.41, 5.74) is 0. The molecule has 1 nitrogen and oxygen atoms in total. The van der Waals surface area contributed by atoms with E-state index in [1.54, 1.807) is 0 Å². The summed E-state index contributed by atoms with van der Waals surface area (Å²) in [5, 5.41) is -0.710. The minimum atomic E-state index is -0.710. The number of hydrogen-bond donors (Lipinski definition) is 0. The lowest BCUT2D eigenvalue weighted by Crippen LogP contribution is -1.98. The molecule has 0 spiro atoms. The van der Waals surface area contributed by atoms with Crippen LogP contribution in [0, 0.1) is 0 Å². The normalized spacial score (nSPS) is 10.5. The third-order valence-electron chi connectivity index (χ3n) is 0.522. The van der Waals surface area contributed by atoms with Gasteiger partial charge < -0.3 is 4.74 Å². The lowest BCUT2D eigenvalue weighted by molar-refractivity contribution is 0.156. The summed E-state index contributed by atoms with van der Waals surface area (Å²) in [6.07, 6.45) is 0.789. The van der Waals surface area contributed by atoms with Gasteiger partial charge >= 0.3 is 0 Å². The van der Waals surface area contributed by atoms with E-state index in [0.717, 1.165) is 6.42 Å². The van der Waals surface area contributed by atoms with Gasteiger partial charge in [-0.1, -0.05) is 23.2 Å². The van der Waals surface area contributed by atoms with E-state index in [2.05, 4.69) is 0 Å². The highest BCUT2D eigenvalue weighted by Gasteiger charge is 1.94. The Morgan fingerprint density at radius 3 is 2.38 bits per heavy atom. The first-order valence-corrected chi connectivity index (χ1v) is 3.64. The Hall–Kier alpha value is 0.830. The van der Waals surface area contributed by atoms with Gasteiger partial charge in [0.25, 0.3) is 0 Å². The van der Waals surface area contributed by atoms with E-state index in [9.17, 15) is 0 Å². The van der Waals surface area contributed by atoms with Crippen molar-refractivity contribution >= 4 is 34.8 Å². The number of hydrogen-bond acceptors (Lipinski definition) is 1. The van der Waals surface area contributed by atoms with Gasteiger partial charge in [-0.2, -0.15) is 0 Å². The Labute approximate surface area is 63.9 Å². The van der Waals surface area contributed by atoms with Crippen LogP contribution in [0.15, 0.2) is 0 Å². The molecule has 0 N–H and O–H groups in total. The average Bonchev–Trinajstić information content (AvgIpc) is 1.66. The molecule has 4 heteroatoms. The van der Waals surface area contributed by atoms with Crippen LogP contribution in [0.2, 0.25) is 0 Å². The molecule has 0 bridgehead atoms. The summed E-state index contributed by atoms with van der Waals surface area (Å²) < 4.78 is 4.73. The summed E-state index contributed by atoms with van der Waals surface area (Å²) in [6.45, 7) is 0.529. The number of halogens is 3. The molecule has 0 aromatic rings. The van der Waals surface area contributed by atoms with Gasteiger partial charge in [-0.3, -0.25) is 0 Å². The van der Waals surface area contributed by atoms with Crippen molar-refractivity contribution in [3.63, 3.8) is 0 Å². The minimum absolute atomic E-state index is 0.529. The van der Waals surface area contributed by atoms with Crippen LogP contribution in [0.25, 0.3) is 0 Å². The van der Waals surface area contributed by atoms with Crippen molar-refractivity contribution in [3.8, 4) is 0 Å². The SMILES string of the molecule is ClCCCOC(Cl)Cl. The van der Waals surface area contributed by atoms with Gasteiger partial charge in [0.05, 0.1) is 6.61 Å². The second kappa shape index (κ2) is 5.96. The molecular formula is C4H7Cl3O. The van der Waals surface area contributed by atoms with E-state index in [1.807, 2.05) is 0 Å². The van der Waals surface area contributed by atoms with Gasteiger partial charge in [0.1, 0.15) is 0 Å². The van der Waals surface area contributed by atoms with Crippen molar-refractivity contribution in [2.24, 2.45) is 0 Å². The number of ether oxygens (including phenoxy) is 1. The Kier molecular flexibility index (Phi) is 6.58. The maximum atomic E-state index is 5.32. The van der Waals surface area contributed by atoms with Crippen LogP contribution in [0.3, 0.4) is 0 Å². The van der Waals surface area contributed by atoms with Crippen molar-refractivity contribution in [2.75, 3.05) is 12.5 Å². The van der Waals surface area contributed by atoms with Crippen molar-refractivity contribution in [1.82, 2.24) is 0 Å². The van der Waals surface area contributed by atoms with Crippen LogP contribution in [0.4, 0.5) is 0 Å². The number of rotatable bonds is 4. The van der Waals surface area contributed by atoms with Crippen LogP contribution in [-0.4, -0.2) is 17.5 Å². The molecular weight excluding hydrogens is 170 g/mol. The molecule has 0 aromatic carbocycles. The first-order valence-electron chi connectivity index (χ1n) is 2.23. The van der Waals surface area contributed by atoms with Gasteiger partial charge in [-0.05, 0) is 6.42 Å². The highest BCUT2D eigenvalue weighted by molar-refractivity contribution is 6.43. The van der Waals surface area contributed by atoms with Crippen LogP contribution < -0.4 is 0 Å². The molecule has 0 rings (SSSR count). The molecule has 0 aliphatic heterocycles. The third-order valence-corrected chi connectivity index (χ3v) is 1.04. The Morgan fingerprint density at radius 1 is 1.38 bits per heavy atom. The largest absolute Gasteiger partial charge is 0.349 e. The highest BCUT2D eigenvalue weighted by atomic mass is 35.5. The van der Waals surface area contributed by atoms with E-state index in [1.165, 1.54) is 0 Å². The molecule has 0 saturated carbocycles. The van der Waals surface area contributed by atoms with E-state index < -0.39 is 5.02 Å². The molecule has 8 heavy (non-hydrogen) atoms. The van der Waals surface area contributed by atoms with Crippen molar-refractivity contribution in [2.45, 2.75) is 11.4 Å². The molecule has 0 fully saturated rings. The van der Waals surface area contributed by atoms with Crippen molar-refractivity contribution in [1.29, 1.82) is 0 Å². The molecule has 0 heterocycles. The van der Waals surface area contributed by atoms with Gasteiger partial charge in [-0.15, -0.1) is 11.6 Å². The topological polar surface area (TPSA) is 9.23 Å². The lowest BCUT2D eigenvalue weighted by atomic mass is 10.5. The summed E-state index contributed by atoms with van der Waals surface area (Å²) in [4.78, 5) is 0. The zero-order chi connectivity index (χ0) is 6.41. The fourth-order valence-corrected chi connectivity index (χ4v) is 0.514. The quantitative estimate of drug-likeness (QED) is 0.473. The summed E-state index contributed by atoms with van der Waals surface area (Å²) in [7, 11) is 0. The Balaban J connectivity index is 2.72. The van der Waals surface area contributed by atoms with E-state index in [4.69, 9.17) is 39.5 Å². The molecule has 0 radical (unpaired) electrons. The van der Waals surface area contributed by atoms with Crippen LogP contribution in [0.5, 0.6) is 0 Å². The van der Waals surface area contributed by atoms with Gasteiger partial charge in [0.2, 0.25) is 5.02 Å². The first kappa shape index (κ1) is 8.83. The van der Waals surface area contributed by atoms with Crippen molar-refractivity contribution < 1.29 is 4.74 Å². The third kappa shape index (κ3) is 6.83. The standard InChI is InChI=1S/C4H7Cl3O/c5-2-1-3-8-4(6)7/h4H,1-3H2. The maximum absolute atomic E-state index is 5.32. The van der Waals surface area contributed by atoms with Gasteiger partial charge in [-0.25, -0.2) is 0 Å². The van der Waals surface area contributed by atoms with Gasteiger partial charge in [0.15, 0.2) is 0 Å². The van der Waals surface area contributed by atoms with Crippen LogP contribution in [0.1, 0.15) is 6.42 Å². The molecule has 0 atom stereocenters. The second-order valence-corrected chi connectivity index (χ2v) is 2.57. The fourth-order valence-electron chi connectivity index (χ4n) is 0.227. The maximum Gasteiger partial charge on any atom is 0.206 e. The predicted octanol–water partition coefficient (Wildman–Crippen LogP) is 2.39. The summed E-state index contributed by atoms with van der Waals surface area (Å²) >= 11 is 15.7. The van der Waals surface area contributed by atoms with Gasteiger partial charge in [0, 0.05) is 5.88 Å². The smallest absolute Gasteiger partial charge is 0.206 e. The lowest BCUT2D eigenvalue weighted by Gasteiger charge is -1.99. The summed E-state index contributed by atoms with van der Waals surface area (Å²) in [5.74, 6) is 0.584. The molecule has 0 aromatic heterocycles. The van der Waals surface area contributed by atoms with Crippen LogP contribution in [-0.2, 0) is 4.74 Å². The fraction of sp³-hybridized carbons (Fsp3) is 1.00. The molecule has 0 saturated heterocycles. The zero-order valence-electron chi connectivity index (χ0n) is 4.24. The van der Waals surface area contributed by atoms with E-state index in [-0.39, 0.29) is 0 Å². The monoisotopic (exact) mass is 176 g/mol. The average molecular weight is 177 g/mol. The molecule has 0 unspecified atom stereocenters. The van der Waals surface area contributed by atoms with Crippen molar-refractivity contribution in [3.05, 3.63) is 0 Å². The van der Waals surface area contributed by atoms with E-state index in [0.29, 0.717) is 12.5 Å². The van der Waals surface area contributed by atoms with Crippen LogP contribution >= 0.6 is 34.8 Å². The zero-order valence-corrected chi connectivity index (χ0v) is 6.51. The highest BCUT2D eigenvalue weighted by Crippen LogP contribution is 2.03. The molecule has 50 valence electrons.